The number of ether oxygens (including phenoxy) is 2. The molecule has 4 aliphatic rings. The van der Waals surface area contributed by atoms with Gasteiger partial charge in [-0.25, -0.2) is 18.2 Å². The quantitative estimate of drug-likeness (QED) is 0.324. The van der Waals surface area contributed by atoms with Crippen LogP contribution in [-0.2, 0) is 35.6 Å². The molecule has 50 heavy (non-hydrogen) atoms. The largest absolute Gasteiger partial charge is 0.507 e. The Hall–Kier alpha value is -4.40. The van der Waals surface area contributed by atoms with Gasteiger partial charge in [-0.15, -0.1) is 6.58 Å². The van der Waals surface area contributed by atoms with Crippen molar-refractivity contribution in [3.05, 3.63) is 42.6 Å². The molecule has 2 aromatic rings. The highest BCUT2D eigenvalue weighted by atomic mass is 32.2. The third-order valence-electron chi connectivity index (χ3n) is 9.98. The minimum atomic E-state index is -3.90. The minimum Gasteiger partial charge on any atom is -0.507 e. The van der Waals surface area contributed by atoms with E-state index in [9.17, 15) is 32.7 Å². The number of nitrogens with one attached hydrogen (secondary N) is 3. The highest BCUT2D eigenvalue weighted by Crippen LogP contribution is 2.45. The first-order valence-corrected chi connectivity index (χ1v) is 18.7. The van der Waals surface area contributed by atoms with Crippen molar-refractivity contribution in [2.24, 2.45) is 11.3 Å². The summed E-state index contributed by atoms with van der Waals surface area (Å²) in [6.45, 7) is 9.18. The fraction of sp³-hybridized carbons (Fsp3) is 0.571. The number of benzene rings is 1. The molecule has 0 radical (unpaired) electrons. The maximum atomic E-state index is 14.4. The Kier molecular flexibility index (Phi) is 9.48. The van der Waals surface area contributed by atoms with Gasteiger partial charge in [-0.05, 0) is 74.1 Å². The smallest absolute Gasteiger partial charge is 0.407 e. The molecule has 0 spiro atoms. The summed E-state index contributed by atoms with van der Waals surface area (Å²) in [7, 11) is -3.90. The number of hydrogen-bond acceptors (Lipinski definition) is 10. The average Bonchev–Trinajstić information content (AvgIpc) is 3.97. The standard InChI is InChI=1S/C35H45N5O9S/c1-5-21-18-35(21,32(44)39-50(46,47)23-10-11-23)38-29(42)26-17-22-19-40(26)31(43)28(34(2,3)4)37-33(45)48-14-8-6-7-9-20-15-25-24(27(41)16-20)12-13-36-30(25)49-22/h5,12-13,15-16,21-23,26,28,41H,1,6-11,14,17-19H2,2-4H3,(H,37,45)(H,38,42)(H,39,44)/t21-,22-,26+,28-,35-/m1/s1. The molecule has 2 aliphatic carbocycles. The molecule has 4 N–H and O–H groups in total. The molecular formula is C35H45N5O9S. The summed E-state index contributed by atoms with van der Waals surface area (Å²) >= 11 is 0. The van der Waals surface area contributed by atoms with E-state index in [1.54, 1.807) is 32.9 Å². The molecule has 2 aliphatic heterocycles. The van der Waals surface area contributed by atoms with Crippen LogP contribution in [0.5, 0.6) is 11.6 Å². The minimum absolute atomic E-state index is 0.000545. The van der Waals surface area contributed by atoms with Crippen molar-refractivity contribution >= 4 is 44.6 Å². The second-order valence-corrected chi connectivity index (χ2v) is 16.8. The van der Waals surface area contributed by atoms with Crippen molar-refractivity contribution in [3.8, 4) is 11.6 Å². The fourth-order valence-corrected chi connectivity index (χ4v) is 8.20. The third kappa shape index (κ3) is 7.23. The maximum Gasteiger partial charge on any atom is 0.407 e. The summed E-state index contributed by atoms with van der Waals surface area (Å²) < 4.78 is 39.3. The van der Waals surface area contributed by atoms with Crippen LogP contribution in [0, 0.1) is 11.3 Å². The van der Waals surface area contributed by atoms with Gasteiger partial charge in [-0.3, -0.25) is 19.1 Å². The number of sulfonamides is 1. The molecule has 4 bridgehead atoms. The molecular weight excluding hydrogens is 666 g/mol. The Morgan fingerprint density at radius 2 is 1.92 bits per heavy atom. The number of pyridine rings is 1. The first-order valence-electron chi connectivity index (χ1n) is 17.1. The van der Waals surface area contributed by atoms with Crippen molar-refractivity contribution in [2.75, 3.05) is 13.2 Å². The Labute approximate surface area is 291 Å². The predicted molar refractivity (Wildman–Crippen MR) is 182 cm³/mol. The van der Waals surface area contributed by atoms with E-state index in [2.05, 4.69) is 26.9 Å². The third-order valence-corrected chi connectivity index (χ3v) is 11.8. The average molecular weight is 712 g/mol. The van der Waals surface area contributed by atoms with Gasteiger partial charge in [0.25, 0.3) is 5.91 Å². The van der Waals surface area contributed by atoms with Crippen LogP contribution in [0.1, 0.15) is 71.3 Å². The van der Waals surface area contributed by atoms with Crippen LogP contribution < -0.4 is 20.1 Å². The molecule has 1 aromatic heterocycles. The number of amides is 4. The normalized spacial score (nSPS) is 27.7. The number of nitrogens with zero attached hydrogens (tertiary/aromatic N) is 2. The van der Waals surface area contributed by atoms with E-state index in [0.29, 0.717) is 36.5 Å². The highest BCUT2D eigenvalue weighted by molar-refractivity contribution is 7.91. The summed E-state index contributed by atoms with van der Waals surface area (Å²) in [6, 6.07) is 3.03. The van der Waals surface area contributed by atoms with Gasteiger partial charge in [0.2, 0.25) is 27.7 Å². The van der Waals surface area contributed by atoms with E-state index >= 15 is 0 Å². The van der Waals surface area contributed by atoms with Crippen LogP contribution in [0.4, 0.5) is 4.79 Å². The summed E-state index contributed by atoms with van der Waals surface area (Å²) in [5.41, 5.74) is -1.49. The van der Waals surface area contributed by atoms with Crippen LogP contribution in [0.25, 0.3) is 10.8 Å². The zero-order valence-corrected chi connectivity index (χ0v) is 29.4. The van der Waals surface area contributed by atoms with E-state index < -0.39 is 74.1 Å². The van der Waals surface area contributed by atoms with Gasteiger partial charge < -0.3 is 30.1 Å². The van der Waals surface area contributed by atoms with Crippen LogP contribution in [0.2, 0.25) is 0 Å². The van der Waals surface area contributed by atoms with E-state index in [1.807, 2.05) is 6.07 Å². The summed E-state index contributed by atoms with van der Waals surface area (Å²) in [5.74, 6) is -2.32. The fourth-order valence-electron chi connectivity index (χ4n) is 6.83. The predicted octanol–water partition coefficient (Wildman–Crippen LogP) is 2.83. The Balaban J connectivity index is 1.34. The molecule has 14 nitrogen and oxygen atoms in total. The van der Waals surface area contributed by atoms with Crippen LogP contribution in [0.15, 0.2) is 37.1 Å². The number of alkyl carbamates (subject to hydrolysis) is 1. The first kappa shape index (κ1) is 35.4. The van der Waals surface area contributed by atoms with Gasteiger partial charge in [-0.1, -0.05) is 26.8 Å². The molecule has 3 fully saturated rings. The number of fused-ring (bicyclic) bond motifs is 3. The molecule has 3 heterocycles. The molecule has 1 aromatic carbocycles. The summed E-state index contributed by atoms with van der Waals surface area (Å²) in [4.78, 5) is 60.7. The number of aryl methyl sites for hydroxylation is 1. The molecule has 2 saturated carbocycles. The van der Waals surface area contributed by atoms with Gasteiger partial charge in [0.15, 0.2) is 0 Å². The highest BCUT2D eigenvalue weighted by Gasteiger charge is 2.62. The molecule has 0 unspecified atom stereocenters. The number of aromatic hydroxyl groups is 1. The number of phenolic OH excluding ortho intramolecular Hbond substituents is 1. The van der Waals surface area contributed by atoms with Gasteiger partial charge >= 0.3 is 6.09 Å². The molecule has 5 atom stereocenters. The molecule has 1 saturated heterocycles. The zero-order valence-electron chi connectivity index (χ0n) is 28.6. The van der Waals surface area contributed by atoms with E-state index in [4.69, 9.17) is 9.47 Å². The molecule has 270 valence electrons. The van der Waals surface area contributed by atoms with Gasteiger partial charge in [0.1, 0.15) is 29.5 Å². The number of cyclic esters (lactones) is 1. The number of carbonyl (C=O) groups is 4. The Bertz CT molecular complexity index is 1820. The zero-order chi connectivity index (χ0) is 36.0. The van der Waals surface area contributed by atoms with Crippen LogP contribution >= 0.6 is 0 Å². The second kappa shape index (κ2) is 13.4. The first-order chi connectivity index (χ1) is 23.6. The number of hydrogen-bond donors (Lipinski definition) is 4. The molecule has 15 heteroatoms. The van der Waals surface area contributed by atoms with Crippen molar-refractivity contribution in [1.82, 2.24) is 25.2 Å². The summed E-state index contributed by atoms with van der Waals surface area (Å²) in [5, 5.41) is 16.8. The summed E-state index contributed by atoms with van der Waals surface area (Å²) in [6.07, 6.45) is 5.33. The topological polar surface area (TPSA) is 193 Å². The number of rotatable bonds is 6. The Morgan fingerprint density at radius 3 is 2.60 bits per heavy atom. The van der Waals surface area contributed by atoms with Gasteiger partial charge in [0, 0.05) is 29.3 Å². The van der Waals surface area contributed by atoms with Crippen molar-refractivity contribution < 1.29 is 42.2 Å². The molecule has 6 rings (SSSR count). The lowest BCUT2D eigenvalue weighted by molar-refractivity contribution is -0.142. The molecule has 4 amide bonds. The second-order valence-electron chi connectivity index (χ2n) is 14.9. The number of carbonyl (C=O) groups excluding carboxylic acids is 4. The lowest BCUT2D eigenvalue weighted by atomic mass is 9.85. The van der Waals surface area contributed by atoms with Crippen LogP contribution in [-0.4, -0.2) is 89.4 Å². The van der Waals surface area contributed by atoms with Crippen molar-refractivity contribution in [3.63, 3.8) is 0 Å². The maximum absolute atomic E-state index is 14.4. The monoisotopic (exact) mass is 711 g/mol. The van der Waals surface area contributed by atoms with E-state index in [1.165, 1.54) is 17.2 Å². The Morgan fingerprint density at radius 1 is 1.16 bits per heavy atom. The van der Waals surface area contributed by atoms with Gasteiger partial charge in [-0.2, -0.15) is 0 Å². The number of phenols is 1. The van der Waals surface area contributed by atoms with Crippen molar-refractivity contribution in [1.29, 1.82) is 0 Å². The van der Waals surface area contributed by atoms with Crippen LogP contribution in [0.3, 0.4) is 0 Å². The SMILES string of the molecule is C=C[C@@H]1C[C@]1(NC(=O)[C@@H]1C[C@@H]2CN1C(=O)[C@H](C(C)(C)C)NC(=O)OCCCCCc1cc(O)c3ccnc(c3c1)O2)C(=O)NS(=O)(=O)C1CC1. The lowest BCUT2D eigenvalue weighted by Gasteiger charge is -2.35. The van der Waals surface area contributed by atoms with E-state index in [0.717, 1.165) is 18.4 Å². The van der Waals surface area contributed by atoms with Crippen molar-refractivity contribution in [2.45, 2.75) is 101 Å². The van der Waals surface area contributed by atoms with Gasteiger partial charge in [0.05, 0.1) is 18.4 Å². The van der Waals surface area contributed by atoms with E-state index in [-0.39, 0.29) is 37.6 Å². The number of aromatic nitrogens is 1. The lowest BCUT2D eigenvalue weighted by Crippen LogP contribution is -2.60.